The fourth-order valence-electron chi connectivity index (χ4n) is 3.04. The lowest BCUT2D eigenvalue weighted by Gasteiger charge is -2.45. The average Bonchev–Trinajstić information content (AvgIpc) is 2.53. The van der Waals surface area contributed by atoms with Gasteiger partial charge in [-0.3, -0.25) is 4.79 Å². The van der Waals surface area contributed by atoms with Gasteiger partial charge in [0.15, 0.2) is 0 Å². The molecule has 0 unspecified atom stereocenters. The second-order valence-electron chi connectivity index (χ2n) is 7.01. The van der Waals surface area contributed by atoms with Crippen molar-refractivity contribution in [2.45, 2.75) is 51.1 Å². The molecule has 0 saturated carbocycles. The summed E-state index contributed by atoms with van der Waals surface area (Å²) in [7, 11) is -2.53. The SMILES string of the molecule is CCCS(=O)(=O)N(C)[C@H]1c2cc(C(=O)C(F)(F)F)ccc2OC(C)(C)[C@@H]1O. The van der Waals surface area contributed by atoms with Crippen LogP contribution < -0.4 is 4.74 Å². The molecule has 152 valence electrons. The third kappa shape index (κ3) is 4.12. The van der Waals surface area contributed by atoms with Crippen LogP contribution in [-0.2, 0) is 10.0 Å². The highest BCUT2D eigenvalue weighted by Gasteiger charge is 2.48. The first-order chi connectivity index (χ1) is 12.2. The molecule has 2 atom stereocenters. The van der Waals surface area contributed by atoms with Crippen LogP contribution in [0.4, 0.5) is 13.2 Å². The van der Waals surface area contributed by atoms with E-state index < -0.39 is 45.3 Å². The van der Waals surface area contributed by atoms with Crippen molar-refractivity contribution in [1.29, 1.82) is 0 Å². The summed E-state index contributed by atoms with van der Waals surface area (Å²) in [6.07, 6.45) is -6.11. The lowest BCUT2D eigenvalue weighted by Crippen LogP contribution is -2.54. The molecule has 0 saturated heterocycles. The maximum absolute atomic E-state index is 12.8. The van der Waals surface area contributed by atoms with Crippen molar-refractivity contribution >= 4 is 15.8 Å². The highest BCUT2D eigenvalue weighted by Crippen LogP contribution is 2.44. The van der Waals surface area contributed by atoms with E-state index >= 15 is 0 Å². The van der Waals surface area contributed by atoms with Gasteiger partial charge in [0.05, 0.1) is 11.8 Å². The smallest absolute Gasteiger partial charge is 0.454 e. The number of aliphatic hydroxyl groups is 1. The van der Waals surface area contributed by atoms with Crippen molar-refractivity contribution in [2.24, 2.45) is 0 Å². The molecule has 1 aromatic rings. The first kappa shape index (κ1) is 21.6. The number of fused-ring (bicyclic) bond motifs is 1. The van der Waals surface area contributed by atoms with Gasteiger partial charge in [-0.15, -0.1) is 0 Å². The van der Waals surface area contributed by atoms with E-state index in [1.165, 1.54) is 13.1 Å². The average molecular weight is 409 g/mol. The molecule has 1 heterocycles. The van der Waals surface area contributed by atoms with Crippen LogP contribution in [0.25, 0.3) is 0 Å². The monoisotopic (exact) mass is 409 g/mol. The Hall–Kier alpha value is -1.65. The van der Waals surface area contributed by atoms with Gasteiger partial charge in [-0.05, 0) is 38.5 Å². The van der Waals surface area contributed by atoms with Crippen LogP contribution in [0, 0.1) is 0 Å². The van der Waals surface area contributed by atoms with E-state index in [2.05, 4.69) is 0 Å². The number of hydrogen-bond acceptors (Lipinski definition) is 5. The lowest BCUT2D eigenvalue weighted by molar-refractivity contribution is -0.0887. The molecular weight excluding hydrogens is 387 g/mol. The number of hydrogen-bond donors (Lipinski definition) is 1. The summed E-state index contributed by atoms with van der Waals surface area (Å²) in [5.74, 6) is -2.13. The van der Waals surface area contributed by atoms with Gasteiger partial charge in [-0.25, -0.2) is 8.42 Å². The molecule has 2 rings (SSSR count). The number of rotatable bonds is 5. The summed E-state index contributed by atoms with van der Waals surface area (Å²) >= 11 is 0. The van der Waals surface area contributed by atoms with Crippen LogP contribution in [0.15, 0.2) is 18.2 Å². The molecule has 0 fully saturated rings. The highest BCUT2D eigenvalue weighted by molar-refractivity contribution is 7.89. The van der Waals surface area contributed by atoms with Crippen molar-refractivity contribution in [2.75, 3.05) is 12.8 Å². The molecule has 0 bridgehead atoms. The first-order valence-electron chi connectivity index (χ1n) is 8.30. The number of benzene rings is 1. The predicted molar refractivity (Wildman–Crippen MR) is 92.1 cm³/mol. The fourth-order valence-corrected chi connectivity index (χ4v) is 4.42. The molecule has 6 nitrogen and oxygen atoms in total. The van der Waals surface area contributed by atoms with Gasteiger partial charge in [-0.2, -0.15) is 17.5 Å². The zero-order chi connectivity index (χ0) is 20.8. The third-order valence-electron chi connectivity index (χ3n) is 4.53. The molecule has 1 aliphatic rings. The summed E-state index contributed by atoms with van der Waals surface area (Å²) in [5, 5.41) is 10.7. The predicted octanol–water partition coefficient (Wildman–Crippen LogP) is 2.68. The maximum atomic E-state index is 12.8. The van der Waals surface area contributed by atoms with E-state index in [9.17, 15) is 31.5 Å². The number of nitrogens with zero attached hydrogens (tertiary/aromatic N) is 1. The Morgan fingerprint density at radius 2 is 1.93 bits per heavy atom. The van der Waals surface area contributed by atoms with Gasteiger partial charge in [0.25, 0.3) is 5.78 Å². The minimum atomic E-state index is -5.07. The molecule has 1 N–H and O–H groups in total. The molecule has 1 aromatic carbocycles. The summed E-state index contributed by atoms with van der Waals surface area (Å²) in [5.41, 5.74) is -1.83. The number of likely N-dealkylation sites (N-methyl/N-ethyl adjacent to an activating group) is 1. The van der Waals surface area contributed by atoms with Crippen LogP contribution in [0.5, 0.6) is 5.75 Å². The van der Waals surface area contributed by atoms with Gasteiger partial charge in [-0.1, -0.05) is 6.92 Å². The summed E-state index contributed by atoms with van der Waals surface area (Å²) < 4.78 is 69.9. The van der Waals surface area contributed by atoms with Gasteiger partial charge >= 0.3 is 6.18 Å². The zero-order valence-electron chi connectivity index (χ0n) is 15.4. The van der Waals surface area contributed by atoms with E-state index in [0.29, 0.717) is 6.42 Å². The number of carbonyl (C=O) groups excluding carboxylic acids is 1. The Morgan fingerprint density at radius 1 is 1.33 bits per heavy atom. The van der Waals surface area contributed by atoms with E-state index in [1.807, 2.05) is 0 Å². The Balaban J connectivity index is 2.62. The quantitative estimate of drug-likeness (QED) is 0.756. The van der Waals surface area contributed by atoms with Crippen molar-refractivity contribution in [3.05, 3.63) is 29.3 Å². The number of sulfonamides is 1. The van der Waals surface area contributed by atoms with Gasteiger partial charge in [0, 0.05) is 18.2 Å². The van der Waals surface area contributed by atoms with Gasteiger partial charge < -0.3 is 9.84 Å². The second-order valence-corrected chi connectivity index (χ2v) is 9.15. The largest absolute Gasteiger partial charge is 0.485 e. The Labute approximate surface area is 156 Å². The highest BCUT2D eigenvalue weighted by atomic mass is 32.2. The summed E-state index contributed by atoms with van der Waals surface area (Å²) in [6.45, 7) is 4.76. The normalized spacial score (nSPS) is 22.3. The Bertz CT molecular complexity index is 835. The Morgan fingerprint density at radius 3 is 2.44 bits per heavy atom. The van der Waals surface area contributed by atoms with Crippen LogP contribution in [-0.4, -0.2) is 54.3 Å². The summed E-state index contributed by atoms with van der Waals surface area (Å²) in [6, 6.07) is 1.91. The van der Waals surface area contributed by atoms with E-state index in [4.69, 9.17) is 4.74 Å². The van der Waals surface area contributed by atoms with Crippen LogP contribution in [0.3, 0.4) is 0 Å². The number of alkyl halides is 3. The topological polar surface area (TPSA) is 83.9 Å². The molecule has 1 aliphatic heterocycles. The molecular formula is C17H22F3NO5S. The van der Waals surface area contributed by atoms with E-state index in [-0.39, 0.29) is 17.1 Å². The maximum Gasteiger partial charge on any atom is 0.454 e. The summed E-state index contributed by atoms with van der Waals surface area (Å²) in [4.78, 5) is 11.6. The van der Waals surface area contributed by atoms with Gasteiger partial charge in [0.2, 0.25) is 10.0 Å². The number of halogens is 3. The number of Topliss-reactive ketones (excluding diaryl/α,β-unsaturated/α-hetero) is 1. The standard InChI is InChI=1S/C17H22F3NO5S/c1-5-8-27(24,25)21(4)13-11-9-10(14(22)17(18,19)20)6-7-12(11)26-16(2,3)15(13)23/h6-7,9,13,15,23H,5,8H2,1-4H3/t13-,15+/m0/s1. The van der Waals surface area contributed by atoms with Crippen LogP contribution in [0.1, 0.15) is 49.2 Å². The molecule has 27 heavy (non-hydrogen) atoms. The zero-order valence-corrected chi connectivity index (χ0v) is 16.2. The number of ketones is 1. The van der Waals surface area contributed by atoms with Crippen molar-refractivity contribution in [3.8, 4) is 5.75 Å². The minimum absolute atomic E-state index is 0.0131. The fraction of sp³-hybridized carbons (Fsp3) is 0.588. The number of carbonyl (C=O) groups is 1. The Kier molecular flexibility index (Phi) is 5.66. The van der Waals surface area contributed by atoms with E-state index in [1.54, 1.807) is 20.8 Å². The van der Waals surface area contributed by atoms with Crippen molar-refractivity contribution in [1.82, 2.24) is 4.31 Å². The van der Waals surface area contributed by atoms with Gasteiger partial charge in [0.1, 0.15) is 17.5 Å². The van der Waals surface area contributed by atoms with E-state index in [0.717, 1.165) is 16.4 Å². The second kappa shape index (κ2) is 7.06. The lowest BCUT2D eigenvalue weighted by atomic mass is 9.85. The first-order valence-corrected chi connectivity index (χ1v) is 9.91. The number of aliphatic hydroxyl groups excluding tert-OH is 1. The van der Waals surface area contributed by atoms with Crippen molar-refractivity contribution in [3.63, 3.8) is 0 Å². The number of ether oxygens (including phenoxy) is 1. The molecule has 0 spiro atoms. The molecule has 10 heteroatoms. The molecule has 0 radical (unpaired) electrons. The van der Waals surface area contributed by atoms with Crippen LogP contribution in [0.2, 0.25) is 0 Å². The van der Waals surface area contributed by atoms with Crippen LogP contribution >= 0.6 is 0 Å². The third-order valence-corrected chi connectivity index (χ3v) is 6.55. The molecule has 0 aliphatic carbocycles. The molecule has 0 aromatic heterocycles. The van der Waals surface area contributed by atoms with Crippen molar-refractivity contribution < 1.29 is 36.2 Å². The molecule has 0 amide bonds. The minimum Gasteiger partial charge on any atom is -0.485 e.